The lowest BCUT2D eigenvalue weighted by Gasteiger charge is -2.34. The van der Waals surface area contributed by atoms with Crippen molar-refractivity contribution in [3.63, 3.8) is 0 Å². The smallest absolute Gasteiger partial charge is 0.274 e. The van der Waals surface area contributed by atoms with E-state index in [-0.39, 0.29) is 11.9 Å². The van der Waals surface area contributed by atoms with Gasteiger partial charge in [-0.15, -0.1) is 11.3 Å². The molecule has 3 aromatic rings. The maximum atomic E-state index is 13.0. The van der Waals surface area contributed by atoms with E-state index in [0.29, 0.717) is 10.0 Å². The molecule has 4 rings (SSSR count). The number of hydrogen-bond donors (Lipinski definition) is 1. The lowest BCUT2D eigenvalue weighted by Crippen LogP contribution is -2.38. The fourth-order valence-corrected chi connectivity index (χ4v) is 4.31. The fraction of sp³-hybridized carbons (Fsp3) is 0.353. The molecule has 1 amide bonds. The molecule has 0 saturated carbocycles. The first-order valence-electron chi connectivity index (χ1n) is 8.22. The van der Waals surface area contributed by atoms with Crippen molar-refractivity contribution in [3.8, 4) is 10.6 Å². The molecule has 0 radical (unpaired) electrons. The predicted molar refractivity (Wildman–Crippen MR) is 97.7 cm³/mol. The van der Waals surface area contributed by atoms with Gasteiger partial charge in [0.15, 0.2) is 5.69 Å². The monoisotopic (exact) mass is 375 g/mol. The zero-order chi connectivity index (χ0) is 17.4. The van der Waals surface area contributed by atoms with Crippen LogP contribution in [0.25, 0.3) is 10.6 Å². The Morgan fingerprint density at radius 2 is 2.28 bits per heavy atom. The SMILES string of the molecule is Cn1cc(C2CCCCN2C(=O)c2cc(-c3ccc(Cl)s3)[nH]n2)cn1. The van der Waals surface area contributed by atoms with E-state index >= 15 is 0 Å². The van der Waals surface area contributed by atoms with E-state index in [9.17, 15) is 4.79 Å². The summed E-state index contributed by atoms with van der Waals surface area (Å²) < 4.78 is 2.49. The van der Waals surface area contributed by atoms with Gasteiger partial charge in [0.05, 0.1) is 27.1 Å². The Balaban J connectivity index is 1.59. The highest BCUT2D eigenvalue weighted by Crippen LogP contribution is 2.33. The summed E-state index contributed by atoms with van der Waals surface area (Å²) in [5, 5.41) is 11.4. The number of nitrogens with zero attached hydrogens (tertiary/aromatic N) is 4. The molecule has 0 aliphatic carbocycles. The zero-order valence-electron chi connectivity index (χ0n) is 13.8. The lowest BCUT2D eigenvalue weighted by molar-refractivity contribution is 0.0605. The Bertz CT molecular complexity index is 898. The van der Waals surface area contributed by atoms with Crippen molar-refractivity contribution in [2.45, 2.75) is 25.3 Å². The molecule has 0 spiro atoms. The van der Waals surface area contributed by atoms with Crippen molar-refractivity contribution in [3.05, 3.63) is 46.2 Å². The summed E-state index contributed by atoms with van der Waals surface area (Å²) in [6.07, 6.45) is 6.91. The minimum Gasteiger partial charge on any atom is -0.330 e. The van der Waals surface area contributed by atoms with E-state index in [2.05, 4.69) is 15.3 Å². The van der Waals surface area contributed by atoms with Crippen LogP contribution in [0, 0.1) is 0 Å². The Morgan fingerprint density at radius 1 is 1.40 bits per heavy atom. The molecule has 1 N–H and O–H groups in total. The maximum Gasteiger partial charge on any atom is 0.274 e. The molecule has 1 unspecified atom stereocenters. The van der Waals surface area contributed by atoms with Crippen molar-refractivity contribution in [1.82, 2.24) is 24.9 Å². The summed E-state index contributed by atoms with van der Waals surface area (Å²) in [6, 6.07) is 5.63. The molecular formula is C17H18ClN5OS. The minimum atomic E-state index is -0.0429. The van der Waals surface area contributed by atoms with E-state index in [1.807, 2.05) is 36.5 Å². The number of amides is 1. The van der Waals surface area contributed by atoms with Crippen LogP contribution in [0.3, 0.4) is 0 Å². The van der Waals surface area contributed by atoms with Gasteiger partial charge in [-0.3, -0.25) is 14.6 Å². The number of hydrogen-bond acceptors (Lipinski definition) is 4. The van der Waals surface area contributed by atoms with E-state index in [4.69, 9.17) is 11.6 Å². The predicted octanol–water partition coefficient (Wildman–Crippen LogP) is 3.89. The van der Waals surface area contributed by atoms with Gasteiger partial charge in [0.1, 0.15) is 0 Å². The number of H-pyrrole nitrogens is 1. The van der Waals surface area contributed by atoms with Gasteiger partial charge in [-0.2, -0.15) is 10.2 Å². The first kappa shape index (κ1) is 16.4. The van der Waals surface area contributed by atoms with E-state index in [0.717, 1.165) is 41.9 Å². The molecule has 25 heavy (non-hydrogen) atoms. The topological polar surface area (TPSA) is 66.8 Å². The second-order valence-corrected chi connectivity index (χ2v) is 7.94. The molecule has 0 bridgehead atoms. The van der Waals surface area contributed by atoms with Gasteiger partial charge < -0.3 is 4.90 Å². The Labute approximate surface area is 154 Å². The highest BCUT2D eigenvalue weighted by atomic mass is 35.5. The normalized spacial score (nSPS) is 17.8. The highest BCUT2D eigenvalue weighted by molar-refractivity contribution is 7.19. The van der Waals surface area contributed by atoms with Crippen LogP contribution in [0.2, 0.25) is 4.34 Å². The molecule has 1 aliphatic rings. The Morgan fingerprint density at radius 3 is 3.00 bits per heavy atom. The van der Waals surface area contributed by atoms with Crippen LogP contribution in [0.15, 0.2) is 30.6 Å². The molecule has 3 aromatic heterocycles. The standard InChI is InChI=1S/C17H18ClN5OS/c1-22-10-11(9-19-22)14-4-2-3-7-23(14)17(24)13-8-12(20-21-13)15-5-6-16(18)25-15/h5-6,8-10,14H,2-4,7H2,1H3,(H,20,21). The van der Waals surface area contributed by atoms with E-state index < -0.39 is 0 Å². The van der Waals surface area contributed by atoms with Crippen molar-refractivity contribution < 1.29 is 4.79 Å². The summed E-state index contributed by atoms with van der Waals surface area (Å²) in [4.78, 5) is 15.9. The van der Waals surface area contributed by atoms with Gasteiger partial charge in [-0.05, 0) is 37.5 Å². The number of aryl methyl sites for hydroxylation is 1. The number of carbonyl (C=O) groups excluding carboxylic acids is 1. The molecule has 1 fully saturated rings. The maximum absolute atomic E-state index is 13.0. The van der Waals surface area contributed by atoms with Gasteiger partial charge >= 0.3 is 0 Å². The Kier molecular flexibility index (Phi) is 4.35. The number of thiophene rings is 1. The molecule has 1 aliphatic heterocycles. The number of likely N-dealkylation sites (tertiary alicyclic amines) is 1. The number of carbonyl (C=O) groups is 1. The number of halogens is 1. The third-order valence-corrected chi connectivity index (χ3v) is 5.77. The largest absolute Gasteiger partial charge is 0.330 e. The van der Waals surface area contributed by atoms with Crippen LogP contribution in [0.4, 0.5) is 0 Å². The third kappa shape index (κ3) is 3.21. The van der Waals surface area contributed by atoms with E-state index in [1.165, 1.54) is 11.3 Å². The fourth-order valence-electron chi connectivity index (χ4n) is 3.30. The van der Waals surface area contributed by atoms with Crippen LogP contribution in [-0.2, 0) is 7.05 Å². The number of piperidine rings is 1. The number of rotatable bonds is 3. The van der Waals surface area contributed by atoms with Crippen molar-refractivity contribution >= 4 is 28.8 Å². The van der Waals surface area contributed by atoms with Crippen LogP contribution < -0.4 is 0 Å². The lowest BCUT2D eigenvalue weighted by atomic mass is 9.97. The zero-order valence-corrected chi connectivity index (χ0v) is 15.3. The van der Waals surface area contributed by atoms with Gasteiger partial charge in [-0.25, -0.2) is 0 Å². The molecule has 1 saturated heterocycles. The van der Waals surface area contributed by atoms with Crippen LogP contribution in [-0.4, -0.2) is 37.3 Å². The molecule has 4 heterocycles. The van der Waals surface area contributed by atoms with Gasteiger partial charge in [0.25, 0.3) is 5.91 Å². The van der Waals surface area contributed by atoms with Crippen molar-refractivity contribution in [1.29, 1.82) is 0 Å². The summed E-state index contributed by atoms with van der Waals surface area (Å²) in [5.41, 5.74) is 2.34. The van der Waals surface area contributed by atoms with Gasteiger partial charge in [0, 0.05) is 25.4 Å². The summed E-state index contributed by atoms with van der Waals surface area (Å²) in [6.45, 7) is 0.741. The number of aromatic amines is 1. The first-order valence-corrected chi connectivity index (χ1v) is 9.42. The second kappa shape index (κ2) is 6.65. The molecule has 6 nitrogen and oxygen atoms in total. The Hall–Kier alpha value is -2.12. The summed E-state index contributed by atoms with van der Waals surface area (Å²) in [7, 11) is 1.89. The van der Waals surface area contributed by atoms with Crippen LogP contribution >= 0.6 is 22.9 Å². The van der Waals surface area contributed by atoms with E-state index in [1.54, 1.807) is 10.7 Å². The van der Waals surface area contributed by atoms with Gasteiger partial charge in [0.2, 0.25) is 0 Å². The molecular weight excluding hydrogens is 358 g/mol. The highest BCUT2D eigenvalue weighted by Gasteiger charge is 2.30. The average Bonchev–Trinajstić information content (AvgIpc) is 3.34. The number of aromatic nitrogens is 4. The van der Waals surface area contributed by atoms with Crippen molar-refractivity contribution in [2.24, 2.45) is 7.05 Å². The average molecular weight is 376 g/mol. The third-order valence-electron chi connectivity index (χ3n) is 4.51. The molecule has 0 aromatic carbocycles. The summed E-state index contributed by atoms with van der Waals surface area (Å²) >= 11 is 7.45. The second-order valence-electron chi connectivity index (χ2n) is 6.23. The number of nitrogens with one attached hydrogen (secondary N) is 1. The molecule has 8 heteroatoms. The van der Waals surface area contributed by atoms with Gasteiger partial charge in [-0.1, -0.05) is 11.6 Å². The molecule has 130 valence electrons. The van der Waals surface area contributed by atoms with Crippen LogP contribution in [0.5, 0.6) is 0 Å². The van der Waals surface area contributed by atoms with Crippen LogP contribution in [0.1, 0.15) is 41.4 Å². The quantitative estimate of drug-likeness (QED) is 0.755. The summed E-state index contributed by atoms with van der Waals surface area (Å²) in [5.74, 6) is -0.0429. The molecule has 1 atom stereocenters. The van der Waals surface area contributed by atoms with Crippen molar-refractivity contribution in [2.75, 3.05) is 6.54 Å². The minimum absolute atomic E-state index is 0.0429. The first-order chi connectivity index (χ1) is 12.1.